The molecule has 27 heavy (non-hydrogen) atoms. The van der Waals surface area contributed by atoms with Gasteiger partial charge in [-0.2, -0.15) is 0 Å². The fraction of sp³-hybridized carbons (Fsp3) is 0.700. The SMILES string of the molecule is COCCOCCOCCOc1ccc(B2OC(C)(C)C(C)(C)O2)c(C)c1. The molecule has 2 rings (SSSR count). The van der Waals surface area contributed by atoms with Gasteiger partial charge in [-0.15, -0.1) is 0 Å². The van der Waals surface area contributed by atoms with Crippen LogP contribution in [0.25, 0.3) is 0 Å². The fourth-order valence-corrected chi connectivity index (χ4v) is 2.66. The Hall–Kier alpha value is -1.12. The maximum Gasteiger partial charge on any atom is 0.495 e. The minimum atomic E-state index is -0.356. The van der Waals surface area contributed by atoms with Gasteiger partial charge in [0, 0.05) is 7.11 Å². The number of rotatable bonds is 11. The average molecular weight is 380 g/mol. The molecule has 0 saturated carbocycles. The molecule has 0 radical (unpaired) electrons. The maximum atomic E-state index is 6.13. The largest absolute Gasteiger partial charge is 0.495 e. The van der Waals surface area contributed by atoms with E-state index in [-0.39, 0.29) is 18.3 Å². The van der Waals surface area contributed by atoms with Gasteiger partial charge in [-0.05, 0) is 57.8 Å². The summed E-state index contributed by atoms with van der Waals surface area (Å²) in [5, 5.41) is 0. The van der Waals surface area contributed by atoms with Crippen LogP contribution < -0.4 is 10.2 Å². The van der Waals surface area contributed by atoms with Crippen LogP contribution in [0.3, 0.4) is 0 Å². The van der Waals surface area contributed by atoms with Gasteiger partial charge in [-0.25, -0.2) is 0 Å². The smallest absolute Gasteiger partial charge is 0.491 e. The van der Waals surface area contributed by atoms with E-state index in [1.165, 1.54) is 0 Å². The van der Waals surface area contributed by atoms with Crippen LogP contribution in [0.2, 0.25) is 0 Å². The van der Waals surface area contributed by atoms with Crippen LogP contribution in [-0.4, -0.2) is 65.1 Å². The highest BCUT2D eigenvalue weighted by molar-refractivity contribution is 6.62. The van der Waals surface area contributed by atoms with Crippen molar-refractivity contribution < 1.29 is 28.3 Å². The van der Waals surface area contributed by atoms with Gasteiger partial charge >= 0.3 is 7.12 Å². The van der Waals surface area contributed by atoms with E-state index < -0.39 is 0 Å². The predicted octanol–water partition coefficient (Wildman–Crippen LogP) is 2.35. The highest BCUT2D eigenvalue weighted by atomic mass is 16.7. The minimum Gasteiger partial charge on any atom is -0.491 e. The average Bonchev–Trinajstić information content (AvgIpc) is 2.81. The number of ether oxygens (including phenoxy) is 4. The van der Waals surface area contributed by atoms with Crippen LogP contribution in [0.15, 0.2) is 18.2 Å². The molecule has 0 bridgehead atoms. The highest BCUT2D eigenvalue weighted by Crippen LogP contribution is 2.36. The third-order valence-electron chi connectivity index (χ3n) is 5.05. The molecule has 0 aliphatic carbocycles. The van der Waals surface area contributed by atoms with Crippen molar-refractivity contribution in [3.8, 4) is 5.75 Å². The topological polar surface area (TPSA) is 55.4 Å². The lowest BCUT2D eigenvalue weighted by Gasteiger charge is -2.32. The first-order valence-corrected chi connectivity index (χ1v) is 9.50. The van der Waals surface area contributed by atoms with Gasteiger partial charge in [0.2, 0.25) is 0 Å². The van der Waals surface area contributed by atoms with Crippen molar-refractivity contribution in [2.75, 3.05) is 46.8 Å². The summed E-state index contributed by atoms with van der Waals surface area (Å²) in [7, 11) is 1.30. The first-order valence-electron chi connectivity index (χ1n) is 9.50. The van der Waals surface area contributed by atoms with Gasteiger partial charge in [-0.3, -0.25) is 0 Å². The van der Waals surface area contributed by atoms with Gasteiger partial charge < -0.3 is 28.3 Å². The molecule has 1 aliphatic rings. The van der Waals surface area contributed by atoms with Crippen molar-refractivity contribution in [1.29, 1.82) is 0 Å². The van der Waals surface area contributed by atoms with E-state index in [4.69, 9.17) is 28.3 Å². The van der Waals surface area contributed by atoms with Crippen molar-refractivity contribution in [3.63, 3.8) is 0 Å². The summed E-state index contributed by atoms with van der Waals surface area (Å²) in [6.07, 6.45) is 0. The first kappa shape index (κ1) is 22.2. The van der Waals surface area contributed by atoms with Crippen molar-refractivity contribution in [3.05, 3.63) is 23.8 Å². The summed E-state index contributed by atoms with van der Waals surface area (Å²) in [6.45, 7) is 13.6. The Morgan fingerprint density at radius 3 is 1.96 bits per heavy atom. The Morgan fingerprint density at radius 1 is 0.852 bits per heavy atom. The van der Waals surface area contributed by atoms with E-state index in [0.29, 0.717) is 39.6 Å². The molecule has 0 amide bonds. The maximum absolute atomic E-state index is 6.13. The zero-order chi connectivity index (χ0) is 19.9. The molecule has 152 valence electrons. The van der Waals surface area contributed by atoms with E-state index in [0.717, 1.165) is 16.8 Å². The van der Waals surface area contributed by atoms with Gasteiger partial charge in [0.15, 0.2) is 0 Å². The van der Waals surface area contributed by atoms with Gasteiger partial charge in [0.1, 0.15) is 12.4 Å². The number of benzene rings is 1. The van der Waals surface area contributed by atoms with Crippen molar-refractivity contribution in [2.24, 2.45) is 0 Å². The fourth-order valence-electron chi connectivity index (χ4n) is 2.66. The molecule has 1 aliphatic heterocycles. The van der Waals surface area contributed by atoms with Crippen LogP contribution in [0.5, 0.6) is 5.75 Å². The number of hydrogen-bond donors (Lipinski definition) is 0. The third-order valence-corrected chi connectivity index (χ3v) is 5.05. The summed E-state index contributed by atoms with van der Waals surface area (Å²) in [5.41, 5.74) is 1.43. The Balaban J connectivity index is 1.74. The Labute approximate surface area is 163 Å². The van der Waals surface area contributed by atoms with Crippen LogP contribution in [0.4, 0.5) is 0 Å². The van der Waals surface area contributed by atoms with Gasteiger partial charge in [0.05, 0.1) is 44.2 Å². The Kier molecular flexibility index (Phi) is 8.12. The lowest BCUT2D eigenvalue weighted by Crippen LogP contribution is -2.41. The van der Waals surface area contributed by atoms with E-state index in [9.17, 15) is 0 Å². The molecule has 0 unspecified atom stereocenters. The van der Waals surface area contributed by atoms with Crippen LogP contribution in [0, 0.1) is 6.92 Å². The van der Waals surface area contributed by atoms with E-state index in [1.54, 1.807) is 7.11 Å². The zero-order valence-electron chi connectivity index (χ0n) is 17.5. The molecule has 0 N–H and O–H groups in total. The molecule has 1 saturated heterocycles. The molecule has 0 aromatic heterocycles. The molecule has 1 aromatic carbocycles. The second kappa shape index (κ2) is 9.89. The quantitative estimate of drug-likeness (QED) is 0.434. The van der Waals surface area contributed by atoms with Gasteiger partial charge in [0.25, 0.3) is 0 Å². The lowest BCUT2D eigenvalue weighted by molar-refractivity contribution is 0.00578. The predicted molar refractivity (Wildman–Crippen MR) is 106 cm³/mol. The number of methoxy groups -OCH3 is 1. The van der Waals surface area contributed by atoms with E-state index in [1.807, 2.05) is 25.1 Å². The molecule has 0 atom stereocenters. The third kappa shape index (κ3) is 6.19. The normalized spacial score (nSPS) is 18.1. The highest BCUT2D eigenvalue weighted by Gasteiger charge is 2.52. The lowest BCUT2D eigenvalue weighted by atomic mass is 9.76. The molecule has 7 heteroatoms. The molecule has 6 nitrogen and oxygen atoms in total. The second-order valence-corrected chi connectivity index (χ2v) is 7.67. The first-order chi connectivity index (χ1) is 12.8. The van der Waals surface area contributed by atoms with Crippen molar-refractivity contribution >= 4 is 12.6 Å². The van der Waals surface area contributed by atoms with E-state index >= 15 is 0 Å². The Bertz CT molecular complexity index is 574. The number of hydrogen-bond acceptors (Lipinski definition) is 6. The van der Waals surface area contributed by atoms with Gasteiger partial charge in [-0.1, -0.05) is 6.07 Å². The molecular weight excluding hydrogens is 347 g/mol. The number of aryl methyl sites for hydroxylation is 1. The summed E-state index contributed by atoms with van der Waals surface area (Å²) in [5.74, 6) is 0.813. The zero-order valence-corrected chi connectivity index (χ0v) is 17.5. The standard InChI is InChI=1S/C20H33BO6/c1-16-15-17(25-14-13-24-12-11-23-10-9-22-6)7-8-18(16)21-26-19(2,3)20(4,5)27-21/h7-8,15H,9-14H2,1-6H3. The summed E-state index contributed by atoms with van der Waals surface area (Å²) >= 11 is 0. The van der Waals surface area contributed by atoms with Crippen LogP contribution in [0.1, 0.15) is 33.3 Å². The Morgan fingerprint density at radius 2 is 1.41 bits per heavy atom. The molecule has 0 spiro atoms. The monoisotopic (exact) mass is 380 g/mol. The van der Waals surface area contributed by atoms with Crippen LogP contribution in [-0.2, 0) is 23.5 Å². The van der Waals surface area contributed by atoms with E-state index in [2.05, 4.69) is 27.7 Å². The minimum absolute atomic E-state index is 0.343. The molecular formula is C20H33BO6. The summed E-state index contributed by atoms with van der Waals surface area (Å²) < 4.78 is 33.7. The molecule has 1 fully saturated rings. The summed E-state index contributed by atoms with van der Waals surface area (Å²) in [6, 6.07) is 5.97. The van der Waals surface area contributed by atoms with Crippen LogP contribution >= 0.6 is 0 Å². The van der Waals surface area contributed by atoms with Crippen molar-refractivity contribution in [1.82, 2.24) is 0 Å². The molecule has 1 aromatic rings. The van der Waals surface area contributed by atoms with Crippen molar-refractivity contribution in [2.45, 2.75) is 45.8 Å². The molecule has 1 heterocycles. The summed E-state index contributed by atoms with van der Waals surface area (Å²) in [4.78, 5) is 0. The second-order valence-electron chi connectivity index (χ2n) is 7.67.